The van der Waals surface area contributed by atoms with Gasteiger partial charge in [-0.25, -0.2) is 0 Å². The topological polar surface area (TPSA) is 67.8 Å². The van der Waals surface area contributed by atoms with Crippen molar-refractivity contribution in [2.45, 2.75) is 39.4 Å². The van der Waals surface area contributed by atoms with Gasteiger partial charge in [0, 0.05) is 19.5 Å². The molecule has 0 aliphatic rings. The van der Waals surface area contributed by atoms with Gasteiger partial charge in [0.25, 0.3) is 0 Å². The summed E-state index contributed by atoms with van der Waals surface area (Å²) in [5.41, 5.74) is 3.71. The molecule has 0 aromatic heterocycles. The molecule has 0 spiro atoms. The molecule has 0 fully saturated rings. The summed E-state index contributed by atoms with van der Waals surface area (Å²) in [7, 11) is 1.60. The maximum Gasteiger partial charge on any atom is 0.416 e. The summed E-state index contributed by atoms with van der Waals surface area (Å²) in [4.78, 5) is 11.1. The van der Waals surface area contributed by atoms with Crippen LogP contribution in [0.25, 0.3) is 11.1 Å². The first-order valence-electron chi connectivity index (χ1n) is 11.6. The number of halogens is 3. The number of methoxy groups -OCH3 is 1. The minimum atomic E-state index is -4.54. The van der Waals surface area contributed by atoms with Gasteiger partial charge in [-0.05, 0) is 84.0 Å². The summed E-state index contributed by atoms with van der Waals surface area (Å²) in [6, 6.07) is 14.9. The predicted octanol–water partition coefficient (Wildman–Crippen LogP) is 6.18. The molecule has 3 rings (SSSR count). The number of carbonyl (C=O) groups is 1. The van der Waals surface area contributed by atoms with Gasteiger partial charge in [-0.2, -0.15) is 13.2 Å². The number of aliphatic carboxylic acids is 1. The number of ether oxygens (including phenoxy) is 2. The minimum Gasteiger partial charge on any atom is -0.497 e. The molecule has 0 unspecified atom stereocenters. The zero-order chi connectivity index (χ0) is 26.3. The Labute approximate surface area is 208 Å². The zero-order valence-electron chi connectivity index (χ0n) is 20.5. The number of hydrogen-bond donors (Lipinski definition) is 2. The van der Waals surface area contributed by atoms with Gasteiger partial charge in [0.15, 0.2) is 0 Å². The van der Waals surface area contributed by atoms with E-state index in [0.29, 0.717) is 30.6 Å². The summed E-state index contributed by atoms with van der Waals surface area (Å²) in [6.45, 7) is 4.86. The molecule has 0 radical (unpaired) electrons. The van der Waals surface area contributed by atoms with Gasteiger partial charge in [-0.15, -0.1) is 0 Å². The van der Waals surface area contributed by atoms with Crippen LogP contribution >= 0.6 is 0 Å². The molecule has 8 heteroatoms. The standard InChI is InChI=1S/C28H30F3NO4/c1-18-7-8-26(19(2)25(18)9-10-27(33)34)21-14-22(28(29,30)31)16-24(15-21)36-12-11-32-17-20-5-4-6-23(13-20)35-3/h4-8,13-16,32H,9-12,17H2,1-3H3,(H,33,34). The molecule has 0 saturated carbocycles. The van der Waals surface area contributed by atoms with Gasteiger partial charge in [-0.1, -0.05) is 24.3 Å². The molecule has 2 N–H and O–H groups in total. The molecule has 0 amide bonds. The normalized spacial score (nSPS) is 11.4. The fourth-order valence-electron chi connectivity index (χ4n) is 4.08. The van der Waals surface area contributed by atoms with Crippen molar-refractivity contribution in [2.75, 3.05) is 20.3 Å². The lowest BCUT2D eigenvalue weighted by atomic mass is 9.90. The molecule has 0 bridgehead atoms. The van der Waals surface area contributed by atoms with Crippen LogP contribution in [-0.2, 0) is 23.9 Å². The first-order valence-corrected chi connectivity index (χ1v) is 11.6. The summed E-state index contributed by atoms with van der Waals surface area (Å²) in [5.74, 6) is -0.0522. The lowest BCUT2D eigenvalue weighted by Crippen LogP contribution is -2.20. The van der Waals surface area contributed by atoms with Crippen LogP contribution in [0.4, 0.5) is 13.2 Å². The molecule has 0 aliphatic carbocycles. The van der Waals surface area contributed by atoms with Crippen LogP contribution < -0.4 is 14.8 Å². The predicted molar refractivity (Wildman–Crippen MR) is 133 cm³/mol. The highest BCUT2D eigenvalue weighted by atomic mass is 19.4. The third-order valence-electron chi connectivity index (χ3n) is 5.98. The molecular weight excluding hydrogens is 471 g/mol. The van der Waals surface area contributed by atoms with Crippen LogP contribution in [0.2, 0.25) is 0 Å². The maximum atomic E-state index is 13.7. The van der Waals surface area contributed by atoms with Gasteiger partial charge in [0.05, 0.1) is 12.7 Å². The van der Waals surface area contributed by atoms with Gasteiger partial charge in [0.2, 0.25) is 0 Å². The van der Waals surface area contributed by atoms with Crippen molar-refractivity contribution < 1.29 is 32.5 Å². The smallest absolute Gasteiger partial charge is 0.416 e. The fraction of sp³-hybridized carbons (Fsp3) is 0.321. The van der Waals surface area contributed by atoms with Crippen LogP contribution in [0.1, 0.15) is 34.2 Å². The molecule has 0 saturated heterocycles. The van der Waals surface area contributed by atoms with E-state index in [9.17, 15) is 18.0 Å². The number of carboxylic acid groups (broad SMARTS) is 1. The molecular formula is C28H30F3NO4. The zero-order valence-corrected chi connectivity index (χ0v) is 20.5. The van der Waals surface area contributed by atoms with E-state index < -0.39 is 17.7 Å². The Morgan fingerprint density at radius 2 is 1.81 bits per heavy atom. The summed E-state index contributed by atoms with van der Waals surface area (Å²) in [6.07, 6.45) is -4.28. The molecule has 192 valence electrons. The van der Waals surface area contributed by atoms with Gasteiger partial charge >= 0.3 is 12.1 Å². The van der Waals surface area contributed by atoms with E-state index in [1.807, 2.05) is 44.2 Å². The minimum absolute atomic E-state index is 0.0507. The van der Waals surface area contributed by atoms with E-state index in [0.717, 1.165) is 40.1 Å². The molecule has 0 atom stereocenters. The second-order valence-corrected chi connectivity index (χ2v) is 8.55. The molecule has 3 aromatic carbocycles. The Bertz CT molecular complexity index is 1210. The van der Waals surface area contributed by atoms with Crippen molar-refractivity contribution in [3.05, 3.63) is 82.4 Å². The first kappa shape index (κ1) is 27.1. The van der Waals surface area contributed by atoms with E-state index in [1.165, 1.54) is 0 Å². The quantitative estimate of drug-likeness (QED) is 0.307. The number of carboxylic acids is 1. The van der Waals surface area contributed by atoms with Crippen molar-refractivity contribution in [1.29, 1.82) is 0 Å². The van der Waals surface area contributed by atoms with Crippen molar-refractivity contribution in [2.24, 2.45) is 0 Å². The van der Waals surface area contributed by atoms with Crippen molar-refractivity contribution in [1.82, 2.24) is 5.32 Å². The van der Waals surface area contributed by atoms with Crippen molar-refractivity contribution >= 4 is 5.97 Å². The second kappa shape index (κ2) is 11.9. The molecule has 0 heterocycles. The number of aryl methyl sites for hydroxylation is 1. The van der Waals surface area contributed by atoms with Crippen molar-refractivity contribution in [3.63, 3.8) is 0 Å². The maximum absolute atomic E-state index is 13.7. The number of alkyl halides is 3. The van der Waals surface area contributed by atoms with Gasteiger partial charge in [0.1, 0.15) is 18.1 Å². The Hall–Kier alpha value is -3.52. The third-order valence-corrected chi connectivity index (χ3v) is 5.98. The van der Waals surface area contributed by atoms with E-state index >= 15 is 0 Å². The van der Waals surface area contributed by atoms with Crippen molar-refractivity contribution in [3.8, 4) is 22.6 Å². The lowest BCUT2D eigenvalue weighted by Gasteiger charge is -2.17. The SMILES string of the molecule is COc1cccc(CNCCOc2cc(-c3ccc(C)c(CCC(=O)O)c3C)cc(C(F)(F)F)c2)c1. The monoisotopic (exact) mass is 501 g/mol. The molecule has 3 aromatic rings. The van der Waals surface area contributed by atoms with Crippen LogP contribution in [0.5, 0.6) is 11.5 Å². The average Bonchev–Trinajstić information content (AvgIpc) is 2.83. The first-order chi connectivity index (χ1) is 17.1. The number of benzene rings is 3. The highest BCUT2D eigenvalue weighted by molar-refractivity contribution is 5.72. The van der Waals surface area contributed by atoms with Crippen LogP contribution in [0, 0.1) is 13.8 Å². The highest BCUT2D eigenvalue weighted by Crippen LogP contribution is 2.37. The molecule has 5 nitrogen and oxygen atoms in total. The van der Waals surface area contributed by atoms with E-state index in [1.54, 1.807) is 19.2 Å². The molecule has 0 aliphatic heterocycles. The molecule has 36 heavy (non-hydrogen) atoms. The van der Waals surface area contributed by atoms with Gasteiger partial charge < -0.3 is 19.9 Å². The highest BCUT2D eigenvalue weighted by Gasteiger charge is 2.31. The largest absolute Gasteiger partial charge is 0.497 e. The number of nitrogens with one attached hydrogen (secondary N) is 1. The summed E-state index contributed by atoms with van der Waals surface area (Å²) >= 11 is 0. The van der Waals surface area contributed by atoms with Crippen LogP contribution in [0.3, 0.4) is 0 Å². The fourth-order valence-corrected chi connectivity index (χ4v) is 4.08. The Morgan fingerprint density at radius 3 is 2.50 bits per heavy atom. The number of hydrogen-bond acceptors (Lipinski definition) is 4. The van der Waals surface area contributed by atoms with Gasteiger partial charge in [-0.3, -0.25) is 4.79 Å². The average molecular weight is 502 g/mol. The Morgan fingerprint density at radius 1 is 1.03 bits per heavy atom. The Balaban J connectivity index is 1.77. The van der Waals surface area contributed by atoms with E-state index in [4.69, 9.17) is 14.6 Å². The van der Waals surface area contributed by atoms with Crippen LogP contribution in [-0.4, -0.2) is 31.3 Å². The van der Waals surface area contributed by atoms with Crippen LogP contribution in [0.15, 0.2) is 54.6 Å². The number of rotatable bonds is 11. The lowest BCUT2D eigenvalue weighted by molar-refractivity contribution is -0.138. The van der Waals surface area contributed by atoms with E-state index in [2.05, 4.69) is 5.32 Å². The summed E-state index contributed by atoms with van der Waals surface area (Å²) in [5, 5.41) is 12.3. The van der Waals surface area contributed by atoms with E-state index in [-0.39, 0.29) is 18.8 Å². The third kappa shape index (κ3) is 7.24. The second-order valence-electron chi connectivity index (χ2n) is 8.55. The summed E-state index contributed by atoms with van der Waals surface area (Å²) < 4.78 is 51.9. The Kier molecular flexibility index (Phi) is 8.98.